The van der Waals surface area contributed by atoms with Crippen LogP contribution in [0.15, 0.2) is 39.9 Å². The van der Waals surface area contributed by atoms with Crippen molar-refractivity contribution in [2.24, 2.45) is 5.92 Å². The summed E-state index contributed by atoms with van der Waals surface area (Å²) >= 11 is 0.983. The lowest BCUT2D eigenvalue weighted by Crippen LogP contribution is -2.50. The van der Waals surface area contributed by atoms with E-state index in [9.17, 15) is 18.0 Å². The van der Waals surface area contributed by atoms with Gasteiger partial charge in [-0.15, -0.1) is 11.3 Å². The average molecular weight is 481 g/mol. The Kier molecular flexibility index (Phi) is 7.91. The van der Waals surface area contributed by atoms with Gasteiger partial charge in [0.05, 0.1) is 19.3 Å². The first-order valence-electron chi connectivity index (χ1n) is 10.4. The molecule has 1 saturated heterocycles. The topological polar surface area (TPSA) is 93.2 Å². The summed E-state index contributed by atoms with van der Waals surface area (Å²) in [6, 6.07) is 8.36. The highest BCUT2D eigenvalue weighted by Gasteiger charge is 2.32. The van der Waals surface area contributed by atoms with Gasteiger partial charge in [0.15, 0.2) is 0 Å². The maximum atomic E-state index is 12.9. The first-order chi connectivity index (χ1) is 15.2. The third-order valence-electron chi connectivity index (χ3n) is 5.18. The Labute approximate surface area is 192 Å². The zero-order valence-electron chi connectivity index (χ0n) is 18.4. The molecule has 0 bridgehead atoms. The quantitative estimate of drug-likeness (QED) is 0.539. The summed E-state index contributed by atoms with van der Waals surface area (Å²) in [6.45, 7) is 5.87. The van der Waals surface area contributed by atoms with Crippen molar-refractivity contribution in [3.05, 3.63) is 46.8 Å². The molecule has 10 heteroatoms. The zero-order chi connectivity index (χ0) is 23.3. The minimum Gasteiger partial charge on any atom is -0.494 e. The summed E-state index contributed by atoms with van der Waals surface area (Å²) < 4.78 is 37.5. The first kappa shape index (κ1) is 24.2. The Morgan fingerprint density at radius 3 is 2.31 bits per heavy atom. The van der Waals surface area contributed by atoms with Gasteiger partial charge in [-0.2, -0.15) is 4.31 Å². The standard InChI is InChI=1S/C22H28N2O6S2/c1-16(2)8-13-30-19-6-4-17(5-7-19)21(25)23-9-11-24(12-10-23)32(27,28)20-14-18(15-31-20)22(26)29-3/h4-7,14-16H,8-13H2,1-3H3. The Morgan fingerprint density at radius 1 is 1.06 bits per heavy atom. The summed E-state index contributed by atoms with van der Waals surface area (Å²) in [4.78, 5) is 26.1. The Hall–Kier alpha value is -2.43. The number of nitrogens with zero attached hydrogens (tertiary/aromatic N) is 2. The van der Waals surface area contributed by atoms with E-state index in [0.717, 1.165) is 23.5 Å². The normalized spacial score (nSPS) is 15.1. The van der Waals surface area contributed by atoms with Gasteiger partial charge >= 0.3 is 5.97 Å². The summed E-state index contributed by atoms with van der Waals surface area (Å²) in [6.07, 6.45) is 0.962. The maximum absolute atomic E-state index is 12.9. The van der Waals surface area contributed by atoms with Gasteiger partial charge in [-0.1, -0.05) is 13.8 Å². The van der Waals surface area contributed by atoms with Gasteiger partial charge < -0.3 is 14.4 Å². The van der Waals surface area contributed by atoms with E-state index in [2.05, 4.69) is 18.6 Å². The second kappa shape index (κ2) is 10.5. The molecule has 3 rings (SSSR count). The van der Waals surface area contributed by atoms with Crippen molar-refractivity contribution in [2.75, 3.05) is 39.9 Å². The van der Waals surface area contributed by atoms with Gasteiger partial charge in [0, 0.05) is 37.1 Å². The van der Waals surface area contributed by atoms with Crippen LogP contribution in [0.25, 0.3) is 0 Å². The lowest BCUT2D eigenvalue weighted by Gasteiger charge is -2.33. The minimum absolute atomic E-state index is 0.0886. The molecule has 0 unspecified atom stereocenters. The fraction of sp³-hybridized carbons (Fsp3) is 0.455. The molecule has 0 aliphatic carbocycles. The van der Waals surface area contributed by atoms with Gasteiger partial charge in [-0.3, -0.25) is 4.79 Å². The molecule has 1 aliphatic rings. The number of benzene rings is 1. The van der Waals surface area contributed by atoms with Crippen molar-refractivity contribution in [3.63, 3.8) is 0 Å². The van der Waals surface area contributed by atoms with E-state index < -0.39 is 16.0 Å². The van der Waals surface area contributed by atoms with Crippen LogP contribution < -0.4 is 4.74 Å². The number of hydrogen-bond acceptors (Lipinski definition) is 7. The molecule has 8 nitrogen and oxygen atoms in total. The molecule has 1 aliphatic heterocycles. The summed E-state index contributed by atoms with van der Waals surface area (Å²) in [5.41, 5.74) is 0.750. The van der Waals surface area contributed by atoms with E-state index >= 15 is 0 Å². The maximum Gasteiger partial charge on any atom is 0.338 e. The van der Waals surface area contributed by atoms with Crippen LogP contribution >= 0.6 is 11.3 Å². The van der Waals surface area contributed by atoms with E-state index in [1.807, 2.05) is 0 Å². The number of amides is 1. The number of rotatable bonds is 8. The monoisotopic (exact) mass is 480 g/mol. The number of carbonyl (C=O) groups is 2. The lowest BCUT2D eigenvalue weighted by molar-refractivity contribution is 0.0600. The number of esters is 1. The Balaban J connectivity index is 1.57. The molecule has 2 aromatic rings. The molecule has 2 heterocycles. The molecule has 1 aromatic heterocycles. The number of methoxy groups -OCH3 is 1. The van der Waals surface area contributed by atoms with Gasteiger partial charge in [-0.25, -0.2) is 13.2 Å². The molecule has 0 atom stereocenters. The highest BCUT2D eigenvalue weighted by molar-refractivity contribution is 7.91. The predicted molar refractivity (Wildman–Crippen MR) is 122 cm³/mol. The van der Waals surface area contributed by atoms with Gasteiger partial charge in [-0.05, 0) is 42.7 Å². The van der Waals surface area contributed by atoms with Gasteiger partial charge in [0.1, 0.15) is 9.96 Å². The Bertz CT molecular complexity index is 1040. The van der Waals surface area contributed by atoms with Crippen LogP contribution in [0.3, 0.4) is 0 Å². The largest absolute Gasteiger partial charge is 0.494 e. The first-order valence-corrected chi connectivity index (χ1v) is 12.7. The molecule has 0 N–H and O–H groups in total. The van der Waals surface area contributed by atoms with E-state index in [1.165, 1.54) is 22.9 Å². The lowest BCUT2D eigenvalue weighted by atomic mass is 10.1. The number of ether oxygens (including phenoxy) is 2. The van der Waals surface area contributed by atoms with Crippen molar-refractivity contribution in [1.82, 2.24) is 9.21 Å². The fourth-order valence-corrected chi connectivity index (χ4v) is 5.95. The molecular formula is C22H28N2O6S2. The molecule has 0 saturated carbocycles. The van der Waals surface area contributed by atoms with Crippen LogP contribution in [0.5, 0.6) is 5.75 Å². The van der Waals surface area contributed by atoms with Gasteiger partial charge in [0.25, 0.3) is 15.9 Å². The molecule has 0 radical (unpaired) electrons. The Morgan fingerprint density at radius 2 is 1.72 bits per heavy atom. The smallest absolute Gasteiger partial charge is 0.338 e. The van der Waals surface area contributed by atoms with Crippen LogP contribution in [0.1, 0.15) is 41.0 Å². The van der Waals surface area contributed by atoms with E-state index in [4.69, 9.17) is 4.74 Å². The van der Waals surface area contributed by atoms with Crippen molar-refractivity contribution in [2.45, 2.75) is 24.5 Å². The van der Waals surface area contributed by atoms with Gasteiger partial charge in [0.2, 0.25) is 0 Å². The molecular weight excluding hydrogens is 452 g/mol. The predicted octanol–water partition coefficient (Wildman–Crippen LogP) is 3.11. The molecule has 0 spiro atoms. The van der Waals surface area contributed by atoms with Crippen molar-refractivity contribution in [3.8, 4) is 5.75 Å². The summed E-state index contributed by atoms with van der Waals surface area (Å²) in [5.74, 6) is 0.572. The van der Waals surface area contributed by atoms with Crippen molar-refractivity contribution >= 4 is 33.2 Å². The molecule has 1 aromatic carbocycles. The SMILES string of the molecule is COC(=O)c1csc(S(=O)(=O)N2CCN(C(=O)c3ccc(OCCC(C)C)cc3)CC2)c1. The molecule has 174 valence electrons. The second-order valence-electron chi connectivity index (χ2n) is 7.90. The highest BCUT2D eigenvalue weighted by atomic mass is 32.2. The summed E-state index contributed by atoms with van der Waals surface area (Å²) in [5, 5.41) is 1.47. The van der Waals surface area contributed by atoms with E-state index in [0.29, 0.717) is 31.2 Å². The van der Waals surface area contributed by atoms with E-state index in [-0.39, 0.29) is 28.8 Å². The number of piperazine rings is 1. The zero-order valence-corrected chi connectivity index (χ0v) is 20.1. The number of hydrogen-bond donors (Lipinski definition) is 0. The third kappa shape index (κ3) is 5.67. The number of thiophene rings is 1. The second-order valence-corrected chi connectivity index (χ2v) is 11.0. The highest BCUT2D eigenvalue weighted by Crippen LogP contribution is 2.25. The van der Waals surface area contributed by atoms with Crippen LogP contribution in [0.2, 0.25) is 0 Å². The third-order valence-corrected chi connectivity index (χ3v) is 8.50. The molecule has 1 amide bonds. The number of carbonyl (C=O) groups excluding carboxylic acids is 2. The minimum atomic E-state index is -3.73. The van der Waals surface area contributed by atoms with Crippen LogP contribution in [-0.2, 0) is 14.8 Å². The fourth-order valence-electron chi connectivity index (χ4n) is 3.22. The molecule has 1 fully saturated rings. The van der Waals surface area contributed by atoms with Crippen LogP contribution in [0.4, 0.5) is 0 Å². The van der Waals surface area contributed by atoms with E-state index in [1.54, 1.807) is 29.2 Å². The summed E-state index contributed by atoms with van der Waals surface area (Å²) in [7, 11) is -2.48. The van der Waals surface area contributed by atoms with Crippen LogP contribution in [0, 0.1) is 5.92 Å². The van der Waals surface area contributed by atoms with Crippen LogP contribution in [-0.4, -0.2) is 69.4 Å². The van der Waals surface area contributed by atoms with Crippen molar-refractivity contribution < 1.29 is 27.5 Å². The number of sulfonamides is 1. The average Bonchev–Trinajstić information content (AvgIpc) is 3.30. The van der Waals surface area contributed by atoms with Crippen molar-refractivity contribution in [1.29, 1.82) is 0 Å². The molecule has 32 heavy (non-hydrogen) atoms.